The van der Waals surface area contributed by atoms with E-state index in [1.807, 2.05) is 13.8 Å². The molecule has 0 aliphatic rings. The summed E-state index contributed by atoms with van der Waals surface area (Å²) in [5, 5.41) is 10.0. The number of rotatable bonds is 4. The van der Waals surface area contributed by atoms with Crippen molar-refractivity contribution >= 4 is 0 Å². The van der Waals surface area contributed by atoms with Crippen LogP contribution in [0.15, 0.2) is 24.4 Å². The molecule has 2 rings (SSSR count). The first-order valence-corrected chi connectivity index (χ1v) is 5.75. The van der Waals surface area contributed by atoms with E-state index < -0.39 is 11.6 Å². The molecule has 0 radical (unpaired) electrons. The average Bonchev–Trinajstić information content (AvgIpc) is 2.75. The second-order valence-electron chi connectivity index (χ2n) is 4.30. The summed E-state index contributed by atoms with van der Waals surface area (Å²) in [7, 11) is 0. The summed E-state index contributed by atoms with van der Waals surface area (Å²) < 4.78 is 25.9. The van der Waals surface area contributed by atoms with Gasteiger partial charge in [-0.1, -0.05) is 6.07 Å². The van der Waals surface area contributed by atoms with E-state index in [0.29, 0.717) is 6.54 Å². The van der Waals surface area contributed by atoms with Gasteiger partial charge in [-0.15, -0.1) is 0 Å². The lowest BCUT2D eigenvalue weighted by Crippen LogP contribution is -2.18. The fourth-order valence-corrected chi connectivity index (χ4v) is 1.72. The molecule has 0 amide bonds. The number of hydrogen-bond acceptors (Lipinski definition) is 2. The molecule has 96 valence electrons. The number of halogens is 2. The second kappa shape index (κ2) is 5.27. The number of benzene rings is 1. The molecule has 1 heterocycles. The molecule has 5 heteroatoms. The van der Waals surface area contributed by atoms with Gasteiger partial charge in [-0.25, -0.2) is 8.78 Å². The highest BCUT2D eigenvalue weighted by Gasteiger charge is 2.09. The normalized spacial score (nSPS) is 12.7. The van der Waals surface area contributed by atoms with Crippen LogP contribution >= 0.6 is 0 Å². The summed E-state index contributed by atoms with van der Waals surface area (Å²) in [4.78, 5) is 0. The van der Waals surface area contributed by atoms with Crippen molar-refractivity contribution in [1.82, 2.24) is 15.5 Å². The third-order valence-corrected chi connectivity index (χ3v) is 2.98. The smallest absolute Gasteiger partial charge is 0.159 e. The fourth-order valence-electron chi connectivity index (χ4n) is 1.72. The molecule has 1 aromatic carbocycles. The SMILES string of the molecule is Cc1[nH]ncc1CN[C@@H](C)c1ccc(F)c(F)c1. The van der Waals surface area contributed by atoms with Crippen molar-refractivity contribution in [3.05, 3.63) is 52.9 Å². The van der Waals surface area contributed by atoms with Crippen molar-refractivity contribution in [2.45, 2.75) is 26.4 Å². The first-order valence-electron chi connectivity index (χ1n) is 5.75. The highest BCUT2D eigenvalue weighted by Crippen LogP contribution is 2.16. The summed E-state index contributed by atoms with van der Waals surface area (Å²) in [6.45, 7) is 4.47. The van der Waals surface area contributed by atoms with Crippen molar-refractivity contribution < 1.29 is 8.78 Å². The van der Waals surface area contributed by atoms with Crippen LogP contribution in [0.4, 0.5) is 8.78 Å². The maximum atomic E-state index is 13.1. The van der Waals surface area contributed by atoms with Gasteiger partial charge in [-0.3, -0.25) is 5.10 Å². The molecule has 0 saturated carbocycles. The molecule has 2 N–H and O–H groups in total. The highest BCUT2D eigenvalue weighted by atomic mass is 19.2. The maximum Gasteiger partial charge on any atom is 0.159 e. The Labute approximate surface area is 104 Å². The zero-order chi connectivity index (χ0) is 13.1. The Morgan fingerprint density at radius 1 is 1.33 bits per heavy atom. The number of H-pyrrole nitrogens is 1. The number of aromatic amines is 1. The quantitative estimate of drug-likeness (QED) is 0.877. The zero-order valence-corrected chi connectivity index (χ0v) is 10.3. The fraction of sp³-hybridized carbons (Fsp3) is 0.308. The van der Waals surface area contributed by atoms with Gasteiger partial charge in [0.25, 0.3) is 0 Å². The topological polar surface area (TPSA) is 40.7 Å². The Kier molecular flexibility index (Phi) is 3.72. The molecule has 18 heavy (non-hydrogen) atoms. The van der Waals surface area contributed by atoms with Gasteiger partial charge in [0.1, 0.15) is 0 Å². The van der Waals surface area contributed by atoms with Crippen LogP contribution in [0.2, 0.25) is 0 Å². The molecule has 0 aliphatic heterocycles. The monoisotopic (exact) mass is 251 g/mol. The molecule has 2 aromatic rings. The molecule has 1 aromatic heterocycles. The van der Waals surface area contributed by atoms with Gasteiger partial charge in [0.2, 0.25) is 0 Å². The minimum Gasteiger partial charge on any atom is -0.306 e. The zero-order valence-electron chi connectivity index (χ0n) is 10.3. The van der Waals surface area contributed by atoms with Crippen molar-refractivity contribution in [3.8, 4) is 0 Å². The molecule has 0 unspecified atom stereocenters. The Hall–Kier alpha value is -1.75. The molecule has 0 aliphatic carbocycles. The lowest BCUT2D eigenvalue weighted by Gasteiger charge is -2.14. The van der Waals surface area contributed by atoms with Gasteiger partial charge in [-0.2, -0.15) is 5.10 Å². The van der Waals surface area contributed by atoms with Crippen LogP contribution in [-0.2, 0) is 6.54 Å². The Morgan fingerprint density at radius 3 is 2.72 bits per heavy atom. The van der Waals surface area contributed by atoms with Crippen LogP contribution < -0.4 is 5.32 Å². The first kappa shape index (κ1) is 12.7. The molecule has 0 bridgehead atoms. The maximum absolute atomic E-state index is 13.1. The van der Waals surface area contributed by atoms with Gasteiger partial charge < -0.3 is 5.32 Å². The number of hydrogen-bond donors (Lipinski definition) is 2. The van der Waals surface area contributed by atoms with Crippen LogP contribution in [0.25, 0.3) is 0 Å². The van der Waals surface area contributed by atoms with Gasteiger partial charge in [-0.05, 0) is 31.5 Å². The summed E-state index contributed by atoms with van der Waals surface area (Å²) >= 11 is 0. The van der Waals surface area contributed by atoms with Crippen molar-refractivity contribution in [2.75, 3.05) is 0 Å². The molecular formula is C13H15F2N3. The third kappa shape index (κ3) is 2.73. The van der Waals surface area contributed by atoms with Crippen LogP contribution in [0.3, 0.4) is 0 Å². The molecule has 0 fully saturated rings. The van der Waals surface area contributed by atoms with Crippen molar-refractivity contribution in [1.29, 1.82) is 0 Å². The Morgan fingerprint density at radius 2 is 2.11 bits per heavy atom. The molecule has 0 spiro atoms. The number of aryl methyl sites for hydroxylation is 1. The van der Waals surface area contributed by atoms with Crippen molar-refractivity contribution in [3.63, 3.8) is 0 Å². The molecule has 3 nitrogen and oxygen atoms in total. The lowest BCUT2D eigenvalue weighted by molar-refractivity contribution is 0.500. The number of aromatic nitrogens is 2. The van der Waals surface area contributed by atoms with E-state index in [2.05, 4.69) is 15.5 Å². The van der Waals surface area contributed by atoms with E-state index in [4.69, 9.17) is 0 Å². The molecule has 1 atom stereocenters. The summed E-state index contributed by atoms with van der Waals surface area (Å²) in [5.74, 6) is -1.64. The summed E-state index contributed by atoms with van der Waals surface area (Å²) in [6.07, 6.45) is 1.75. The Balaban J connectivity index is 2.01. The van der Waals surface area contributed by atoms with E-state index in [0.717, 1.165) is 22.9 Å². The minimum atomic E-state index is -0.823. The van der Waals surface area contributed by atoms with Crippen LogP contribution in [0, 0.1) is 18.6 Å². The minimum absolute atomic E-state index is 0.0607. The highest BCUT2D eigenvalue weighted by molar-refractivity contribution is 5.21. The third-order valence-electron chi connectivity index (χ3n) is 2.98. The predicted molar refractivity (Wildman–Crippen MR) is 64.9 cm³/mol. The molecular weight excluding hydrogens is 236 g/mol. The summed E-state index contributed by atoms with van der Waals surface area (Å²) in [6, 6.07) is 3.88. The van der Waals surface area contributed by atoms with Gasteiger partial charge >= 0.3 is 0 Å². The van der Waals surface area contributed by atoms with Crippen LogP contribution in [0.1, 0.15) is 29.8 Å². The largest absolute Gasteiger partial charge is 0.306 e. The predicted octanol–water partition coefficient (Wildman–Crippen LogP) is 2.85. The first-order chi connectivity index (χ1) is 8.58. The number of nitrogens with zero attached hydrogens (tertiary/aromatic N) is 1. The lowest BCUT2D eigenvalue weighted by atomic mass is 10.1. The standard InChI is InChI=1S/C13H15F2N3/c1-8(10-3-4-12(14)13(15)5-10)16-6-11-7-17-18-9(11)2/h3-5,7-8,16H,6H2,1-2H3,(H,17,18)/t8-/m0/s1. The van der Waals surface area contributed by atoms with Crippen molar-refractivity contribution in [2.24, 2.45) is 0 Å². The average molecular weight is 251 g/mol. The molecule has 0 saturated heterocycles. The Bertz CT molecular complexity index is 537. The second-order valence-corrected chi connectivity index (χ2v) is 4.30. The van der Waals surface area contributed by atoms with Crippen LogP contribution in [-0.4, -0.2) is 10.2 Å². The van der Waals surface area contributed by atoms with E-state index in [-0.39, 0.29) is 6.04 Å². The van der Waals surface area contributed by atoms with E-state index >= 15 is 0 Å². The van der Waals surface area contributed by atoms with E-state index in [1.54, 1.807) is 12.3 Å². The van der Waals surface area contributed by atoms with E-state index in [9.17, 15) is 8.78 Å². The van der Waals surface area contributed by atoms with Gasteiger partial charge in [0, 0.05) is 23.8 Å². The van der Waals surface area contributed by atoms with Crippen LogP contribution in [0.5, 0.6) is 0 Å². The van der Waals surface area contributed by atoms with Gasteiger partial charge in [0.05, 0.1) is 6.20 Å². The number of nitrogens with one attached hydrogen (secondary N) is 2. The summed E-state index contributed by atoms with van der Waals surface area (Å²) in [5.41, 5.74) is 2.78. The van der Waals surface area contributed by atoms with Gasteiger partial charge in [0.15, 0.2) is 11.6 Å². The van der Waals surface area contributed by atoms with E-state index in [1.165, 1.54) is 6.07 Å².